The summed E-state index contributed by atoms with van der Waals surface area (Å²) >= 11 is 0. The van der Waals surface area contributed by atoms with E-state index in [0.29, 0.717) is 0 Å². The number of carboxylic acids is 1. The Morgan fingerprint density at radius 2 is 1.41 bits per heavy atom. The highest BCUT2D eigenvalue weighted by molar-refractivity contribution is 5.94. The van der Waals surface area contributed by atoms with Crippen LogP contribution in [0.1, 0.15) is 33.3 Å². The number of nitrogens with two attached hydrogens (primary N) is 1. The molecule has 4 atom stereocenters. The molecule has 0 heterocycles. The zero-order chi connectivity index (χ0) is 24.4. The molecule has 0 saturated carbocycles. The Hall–Kier alpha value is -2.98. The second-order valence-electron chi connectivity index (χ2n) is 8.33. The van der Waals surface area contributed by atoms with Gasteiger partial charge in [0.1, 0.15) is 18.1 Å². The minimum Gasteiger partial charge on any atom is -0.480 e. The predicted octanol–water partition coefficient (Wildman–Crippen LogP) is -0.600. The van der Waals surface area contributed by atoms with E-state index in [2.05, 4.69) is 16.0 Å². The molecule has 1 aromatic rings. The maximum atomic E-state index is 13.1. The van der Waals surface area contributed by atoms with Crippen molar-refractivity contribution in [1.29, 1.82) is 0 Å². The topological polar surface area (TPSA) is 171 Å². The number of carbonyl (C=O) groups excluding carboxylic acids is 3. The number of hydrogen-bond donors (Lipinski definition) is 6. The fraction of sp³-hybridized carbons (Fsp3) is 0.545. The van der Waals surface area contributed by atoms with Crippen molar-refractivity contribution in [2.45, 2.75) is 58.3 Å². The number of rotatable bonds is 12. The standard InChI is InChI=1S/C22H34N4O6/c1-12(2)17(23)20(29)24-15(10-14-8-6-5-7-9-14)19(28)26-18(13(3)4)21(30)25-16(11-27)22(31)32/h5-9,12-13,15-18,27H,10-11,23H2,1-4H3,(H,24,29)(H,25,30)(H,26,28)(H,31,32). The quantitative estimate of drug-likeness (QED) is 0.247. The molecular weight excluding hydrogens is 416 g/mol. The number of carbonyl (C=O) groups is 4. The molecule has 4 unspecified atom stereocenters. The van der Waals surface area contributed by atoms with Crippen molar-refractivity contribution < 1.29 is 29.4 Å². The molecule has 0 fully saturated rings. The van der Waals surface area contributed by atoms with Gasteiger partial charge in [-0.05, 0) is 17.4 Å². The number of amides is 3. The number of aliphatic carboxylic acids is 1. The van der Waals surface area contributed by atoms with E-state index in [9.17, 15) is 19.2 Å². The average Bonchev–Trinajstić information content (AvgIpc) is 2.74. The predicted molar refractivity (Wildman–Crippen MR) is 118 cm³/mol. The van der Waals surface area contributed by atoms with E-state index in [4.69, 9.17) is 15.9 Å². The van der Waals surface area contributed by atoms with E-state index in [1.807, 2.05) is 6.07 Å². The molecule has 0 aliphatic carbocycles. The minimum absolute atomic E-state index is 0.143. The molecule has 1 aromatic carbocycles. The smallest absolute Gasteiger partial charge is 0.328 e. The Morgan fingerprint density at radius 3 is 1.88 bits per heavy atom. The van der Waals surface area contributed by atoms with Crippen molar-refractivity contribution in [2.75, 3.05) is 6.61 Å². The van der Waals surface area contributed by atoms with Crippen LogP contribution in [0.2, 0.25) is 0 Å². The van der Waals surface area contributed by atoms with Crippen LogP contribution in [0.4, 0.5) is 0 Å². The molecular formula is C22H34N4O6. The molecule has 0 aliphatic heterocycles. The average molecular weight is 451 g/mol. The van der Waals surface area contributed by atoms with E-state index in [1.165, 1.54) is 0 Å². The van der Waals surface area contributed by atoms with Gasteiger partial charge in [0.2, 0.25) is 17.7 Å². The Labute approximate surface area is 187 Å². The lowest BCUT2D eigenvalue weighted by Gasteiger charge is -2.27. The number of carboxylic acid groups (broad SMARTS) is 1. The third kappa shape index (κ3) is 8.27. The molecule has 1 rings (SSSR count). The second kappa shape index (κ2) is 12.8. The molecule has 0 aliphatic rings. The van der Waals surface area contributed by atoms with Crippen LogP contribution in [0.25, 0.3) is 0 Å². The van der Waals surface area contributed by atoms with Gasteiger partial charge in [0.05, 0.1) is 12.6 Å². The summed E-state index contributed by atoms with van der Waals surface area (Å²) in [4.78, 5) is 49.3. The fourth-order valence-corrected chi connectivity index (χ4v) is 2.87. The Balaban J connectivity index is 3.05. The van der Waals surface area contributed by atoms with Gasteiger partial charge in [-0.25, -0.2) is 4.79 Å². The summed E-state index contributed by atoms with van der Waals surface area (Å²) in [6, 6.07) is 4.65. The van der Waals surface area contributed by atoms with Gasteiger partial charge < -0.3 is 31.9 Å². The summed E-state index contributed by atoms with van der Waals surface area (Å²) in [6.45, 7) is 6.14. The van der Waals surface area contributed by atoms with Crippen molar-refractivity contribution in [3.8, 4) is 0 Å². The van der Waals surface area contributed by atoms with Crippen molar-refractivity contribution in [3.05, 3.63) is 35.9 Å². The molecule has 0 radical (unpaired) electrons. The maximum absolute atomic E-state index is 13.1. The third-order valence-electron chi connectivity index (χ3n) is 4.98. The molecule has 32 heavy (non-hydrogen) atoms. The van der Waals surface area contributed by atoms with Gasteiger partial charge in [0, 0.05) is 6.42 Å². The van der Waals surface area contributed by atoms with Gasteiger partial charge in [-0.15, -0.1) is 0 Å². The maximum Gasteiger partial charge on any atom is 0.328 e. The van der Waals surface area contributed by atoms with E-state index >= 15 is 0 Å². The lowest BCUT2D eigenvalue weighted by molar-refractivity contribution is -0.143. The summed E-state index contributed by atoms with van der Waals surface area (Å²) in [5, 5.41) is 25.7. The zero-order valence-electron chi connectivity index (χ0n) is 18.9. The zero-order valence-corrected chi connectivity index (χ0v) is 18.9. The van der Waals surface area contributed by atoms with Gasteiger partial charge in [-0.2, -0.15) is 0 Å². The van der Waals surface area contributed by atoms with Gasteiger partial charge in [-0.1, -0.05) is 58.0 Å². The van der Waals surface area contributed by atoms with Gasteiger partial charge in [0.15, 0.2) is 0 Å². The molecule has 10 heteroatoms. The lowest BCUT2D eigenvalue weighted by atomic mass is 9.99. The molecule has 0 aromatic heterocycles. The number of aliphatic hydroxyl groups is 1. The Bertz CT molecular complexity index is 784. The summed E-state index contributed by atoms with van der Waals surface area (Å²) in [5.41, 5.74) is 6.71. The van der Waals surface area contributed by atoms with Crippen LogP contribution >= 0.6 is 0 Å². The highest BCUT2D eigenvalue weighted by Gasteiger charge is 2.32. The minimum atomic E-state index is -1.50. The molecule has 0 saturated heterocycles. The molecule has 178 valence electrons. The fourth-order valence-electron chi connectivity index (χ4n) is 2.87. The molecule has 0 bridgehead atoms. The summed E-state index contributed by atoms with van der Waals surface area (Å²) in [5.74, 6) is -3.78. The van der Waals surface area contributed by atoms with Crippen molar-refractivity contribution >= 4 is 23.7 Å². The first-order valence-corrected chi connectivity index (χ1v) is 10.5. The van der Waals surface area contributed by atoms with Gasteiger partial charge in [0.25, 0.3) is 0 Å². The van der Waals surface area contributed by atoms with Crippen LogP contribution in [0.3, 0.4) is 0 Å². The number of aliphatic hydroxyl groups excluding tert-OH is 1. The molecule has 3 amide bonds. The summed E-state index contributed by atoms with van der Waals surface area (Å²) in [6.07, 6.45) is 0.171. The van der Waals surface area contributed by atoms with Crippen molar-refractivity contribution in [1.82, 2.24) is 16.0 Å². The van der Waals surface area contributed by atoms with Crippen molar-refractivity contribution in [2.24, 2.45) is 17.6 Å². The number of nitrogens with one attached hydrogen (secondary N) is 3. The summed E-state index contributed by atoms with van der Waals surface area (Å²) < 4.78 is 0. The van der Waals surface area contributed by atoms with E-state index < -0.39 is 60.4 Å². The molecule has 0 spiro atoms. The third-order valence-corrected chi connectivity index (χ3v) is 4.98. The van der Waals surface area contributed by atoms with E-state index in [0.717, 1.165) is 5.56 Å². The first kappa shape index (κ1) is 27.1. The highest BCUT2D eigenvalue weighted by Crippen LogP contribution is 2.08. The Morgan fingerprint density at radius 1 is 0.844 bits per heavy atom. The van der Waals surface area contributed by atoms with Crippen molar-refractivity contribution in [3.63, 3.8) is 0 Å². The lowest BCUT2D eigenvalue weighted by Crippen LogP contribution is -2.59. The normalized spacial score (nSPS) is 14.9. The highest BCUT2D eigenvalue weighted by atomic mass is 16.4. The van der Waals surface area contributed by atoms with E-state index in [-0.39, 0.29) is 12.3 Å². The number of hydrogen-bond acceptors (Lipinski definition) is 6. The second-order valence-corrected chi connectivity index (χ2v) is 8.33. The van der Waals surface area contributed by atoms with Gasteiger partial charge in [-0.3, -0.25) is 14.4 Å². The first-order valence-electron chi connectivity index (χ1n) is 10.5. The van der Waals surface area contributed by atoms with E-state index in [1.54, 1.807) is 52.0 Å². The van der Waals surface area contributed by atoms with Gasteiger partial charge >= 0.3 is 5.97 Å². The molecule has 10 nitrogen and oxygen atoms in total. The largest absolute Gasteiger partial charge is 0.480 e. The Kier molecular flexibility index (Phi) is 10.8. The van der Waals surface area contributed by atoms with Crippen LogP contribution in [-0.4, -0.2) is 64.7 Å². The first-order chi connectivity index (χ1) is 15.0. The monoisotopic (exact) mass is 450 g/mol. The summed E-state index contributed by atoms with van der Waals surface area (Å²) in [7, 11) is 0. The van der Waals surface area contributed by atoms with Crippen LogP contribution < -0.4 is 21.7 Å². The van der Waals surface area contributed by atoms with Crippen LogP contribution in [0, 0.1) is 11.8 Å². The van der Waals surface area contributed by atoms with Crippen LogP contribution in [0.5, 0.6) is 0 Å². The van der Waals surface area contributed by atoms with Crippen LogP contribution in [-0.2, 0) is 25.6 Å². The SMILES string of the molecule is CC(C)C(N)C(=O)NC(Cc1ccccc1)C(=O)NC(C(=O)NC(CO)C(=O)O)C(C)C. The number of benzene rings is 1. The molecule has 7 N–H and O–H groups in total. The van der Waals surface area contributed by atoms with Crippen LogP contribution in [0.15, 0.2) is 30.3 Å².